The highest BCUT2D eigenvalue weighted by Crippen LogP contribution is 2.29. The lowest BCUT2D eigenvalue weighted by atomic mass is 10.2. The number of nitrogens with zero attached hydrogens (tertiary/aromatic N) is 2. The highest BCUT2D eigenvalue weighted by molar-refractivity contribution is 5.75. The Hall–Kier alpha value is -2.05. The van der Waals surface area contributed by atoms with Crippen LogP contribution in [0.15, 0.2) is 24.5 Å². The van der Waals surface area contributed by atoms with Crippen LogP contribution < -0.4 is 5.32 Å². The molecule has 120 valence electrons. The molecule has 0 aliphatic heterocycles. The Morgan fingerprint density at radius 1 is 1.32 bits per heavy atom. The fourth-order valence-electron chi connectivity index (χ4n) is 2.09. The number of carbonyl (C=O) groups is 1. The molecule has 0 aliphatic rings. The van der Waals surface area contributed by atoms with Crippen molar-refractivity contribution < 1.29 is 18.0 Å². The lowest BCUT2D eigenvalue weighted by molar-refractivity contribution is -0.137. The normalized spacial score (nSPS) is 11.8. The van der Waals surface area contributed by atoms with Crippen molar-refractivity contribution in [3.05, 3.63) is 35.8 Å². The van der Waals surface area contributed by atoms with Crippen LogP contribution in [0.25, 0.3) is 5.65 Å². The van der Waals surface area contributed by atoms with Crippen molar-refractivity contribution in [3.63, 3.8) is 0 Å². The van der Waals surface area contributed by atoms with E-state index in [2.05, 4.69) is 10.3 Å². The zero-order valence-corrected chi connectivity index (χ0v) is 12.3. The first-order chi connectivity index (χ1) is 10.4. The number of unbranched alkanes of at least 4 members (excludes halogenated alkanes) is 1. The lowest BCUT2D eigenvalue weighted by Gasteiger charge is -2.05. The number of hydrogen-bond acceptors (Lipinski definition) is 2. The number of rotatable bonds is 6. The summed E-state index contributed by atoms with van der Waals surface area (Å²) in [5, 5.41) is 2.78. The van der Waals surface area contributed by atoms with Gasteiger partial charge in [-0.3, -0.25) is 4.79 Å². The molecule has 0 spiro atoms. The van der Waals surface area contributed by atoms with Gasteiger partial charge in [-0.2, -0.15) is 13.2 Å². The van der Waals surface area contributed by atoms with E-state index in [0.29, 0.717) is 30.7 Å². The third-order valence-electron chi connectivity index (χ3n) is 3.29. The molecular weight excluding hydrogens is 295 g/mol. The minimum Gasteiger partial charge on any atom is -0.356 e. The molecule has 2 rings (SSSR count). The van der Waals surface area contributed by atoms with Crippen LogP contribution in [0.5, 0.6) is 0 Å². The Kier molecular flexibility index (Phi) is 5.05. The second kappa shape index (κ2) is 6.81. The van der Waals surface area contributed by atoms with Gasteiger partial charge in [0.25, 0.3) is 0 Å². The minimum atomic E-state index is -4.37. The number of fused-ring (bicyclic) bond motifs is 1. The Morgan fingerprint density at radius 3 is 2.77 bits per heavy atom. The second-order valence-corrected chi connectivity index (χ2v) is 5.12. The second-order valence-electron chi connectivity index (χ2n) is 5.12. The number of alkyl halides is 3. The van der Waals surface area contributed by atoms with Crippen LogP contribution in [0.1, 0.15) is 37.4 Å². The van der Waals surface area contributed by atoms with Crippen LogP contribution in [0, 0.1) is 0 Å². The molecule has 0 saturated heterocycles. The quantitative estimate of drug-likeness (QED) is 0.890. The fourth-order valence-corrected chi connectivity index (χ4v) is 2.09. The minimum absolute atomic E-state index is 0.00929. The zero-order chi connectivity index (χ0) is 16.2. The van der Waals surface area contributed by atoms with Gasteiger partial charge in [-0.25, -0.2) is 4.98 Å². The number of amides is 1. The summed E-state index contributed by atoms with van der Waals surface area (Å²) in [6.45, 7) is 2.44. The van der Waals surface area contributed by atoms with Gasteiger partial charge >= 0.3 is 6.18 Å². The third-order valence-corrected chi connectivity index (χ3v) is 3.29. The number of hydrogen-bond donors (Lipinski definition) is 1. The summed E-state index contributed by atoms with van der Waals surface area (Å²) in [6.07, 6.45) is 1.000. The van der Waals surface area contributed by atoms with Crippen LogP contribution in [0.2, 0.25) is 0 Å². The van der Waals surface area contributed by atoms with Gasteiger partial charge in [-0.15, -0.1) is 0 Å². The molecule has 4 nitrogen and oxygen atoms in total. The van der Waals surface area contributed by atoms with Gasteiger partial charge in [0.1, 0.15) is 5.65 Å². The van der Waals surface area contributed by atoms with Crippen molar-refractivity contribution in [1.82, 2.24) is 14.7 Å². The predicted molar refractivity (Wildman–Crippen MR) is 76.4 cm³/mol. The SMILES string of the molecule is CCCCC(=O)NCCc1cn2cc(C(F)(F)F)ccc2n1. The molecule has 0 unspecified atom stereocenters. The highest BCUT2D eigenvalue weighted by Gasteiger charge is 2.30. The molecule has 2 heterocycles. The number of carbonyl (C=O) groups excluding carboxylic acids is 1. The molecule has 1 amide bonds. The summed E-state index contributed by atoms with van der Waals surface area (Å²) in [4.78, 5) is 15.7. The number of imidazole rings is 1. The van der Waals surface area contributed by atoms with Gasteiger partial charge in [-0.1, -0.05) is 13.3 Å². The molecule has 0 atom stereocenters. The first-order valence-corrected chi connectivity index (χ1v) is 7.21. The Balaban J connectivity index is 1.97. The van der Waals surface area contributed by atoms with E-state index in [4.69, 9.17) is 0 Å². The maximum absolute atomic E-state index is 12.6. The Bertz CT molecular complexity index is 649. The molecule has 0 radical (unpaired) electrons. The molecule has 1 N–H and O–H groups in total. The molecule has 22 heavy (non-hydrogen) atoms. The van der Waals surface area contributed by atoms with Crippen LogP contribution in [-0.2, 0) is 17.4 Å². The third kappa shape index (κ3) is 4.22. The molecule has 0 fully saturated rings. The Morgan fingerprint density at radius 2 is 2.09 bits per heavy atom. The summed E-state index contributed by atoms with van der Waals surface area (Å²) >= 11 is 0. The van der Waals surface area contributed by atoms with E-state index in [9.17, 15) is 18.0 Å². The summed E-state index contributed by atoms with van der Waals surface area (Å²) in [5.41, 5.74) is 0.396. The topological polar surface area (TPSA) is 46.4 Å². The molecule has 0 bridgehead atoms. The molecular formula is C15H18F3N3O. The predicted octanol–water partition coefficient (Wildman–Crippen LogP) is 3.20. The number of aromatic nitrogens is 2. The van der Waals surface area contributed by atoms with Gasteiger partial charge in [0, 0.05) is 31.8 Å². The molecule has 0 saturated carbocycles. The molecule has 2 aromatic rings. The number of halogens is 3. The Labute approximate surface area is 126 Å². The van der Waals surface area contributed by atoms with E-state index in [1.807, 2.05) is 6.92 Å². The summed E-state index contributed by atoms with van der Waals surface area (Å²) in [6, 6.07) is 2.35. The van der Waals surface area contributed by atoms with Crippen molar-refractivity contribution >= 4 is 11.6 Å². The fraction of sp³-hybridized carbons (Fsp3) is 0.467. The maximum atomic E-state index is 12.6. The lowest BCUT2D eigenvalue weighted by Crippen LogP contribution is -2.25. The largest absolute Gasteiger partial charge is 0.417 e. The summed E-state index contributed by atoms with van der Waals surface area (Å²) < 4.78 is 39.3. The zero-order valence-electron chi connectivity index (χ0n) is 12.3. The standard InChI is InChI=1S/C15H18F3N3O/c1-2-3-4-14(22)19-8-7-12-10-21-9-11(15(16,17)18)5-6-13(21)20-12/h5-6,9-10H,2-4,7-8H2,1H3,(H,19,22). The van der Waals surface area contributed by atoms with E-state index in [1.165, 1.54) is 10.5 Å². The summed E-state index contributed by atoms with van der Waals surface area (Å²) in [5.74, 6) is -0.00929. The van der Waals surface area contributed by atoms with Gasteiger partial charge < -0.3 is 9.72 Å². The molecule has 0 aliphatic carbocycles. The highest BCUT2D eigenvalue weighted by atomic mass is 19.4. The van der Waals surface area contributed by atoms with E-state index in [0.717, 1.165) is 25.1 Å². The molecule has 0 aromatic carbocycles. The van der Waals surface area contributed by atoms with E-state index in [-0.39, 0.29) is 5.91 Å². The molecule has 7 heteroatoms. The van der Waals surface area contributed by atoms with Crippen LogP contribution >= 0.6 is 0 Å². The average molecular weight is 313 g/mol. The summed E-state index contributed by atoms with van der Waals surface area (Å²) in [7, 11) is 0. The van der Waals surface area contributed by atoms with Crippen LogP contribution in [-0.4, -0.2) is 21.8 Å². The van der Waals surface area contributed by atoms with Gasteiger partial charge in [0.2, 0.25) is 5.91 Å². The van der Waals surface area contributed by atoms with Crippen molar-refractivity contribution in [3.8, 4) is 0 Å². The van der Waals surface area contributed by atoms with Crippen molar-refractivity contribution in [2.45, 2.75) is 38.8 Å². The average Bonchev–Trinajstić information content (AvgIpc) is 2.85. The number of pyridine rings is 1. The van der Waals surface area contributed by atoms with Crippen LogP contribution in [0.3, 0.4) is 0 Å². The van der Waals surface area contributed by atoms with Gasteiger partial charge in [-0.05, 0) is 18.6 Å². The maximum Gasteiger partial charge on any atom is 0.417 e. The van der Waals surface area contributed by atoms with Crippen molar-refractivity contribution in [2.24, 2.45) is 0 Å². The van der Waals surface area contributed by atoms with E-state index in [1.54, 1.807) is 6.20 Å². The van der Waals surface area contributed by atoms with Crippen molar-refractivity contribution in [1.29, 1.82) is 0 Å². The van der Waals surface area contributed by atoms with E-state index >= 15 is 0 Å². The first-order valence-electron chi connectivity index (χ1n) is 7.21. The van der Waals surface area contributed by atoms with Crippen LogP contribution in [0.4, 0.5) is 13.2 Å². The van der Waals surface area contributed by atoms with Gasteiger partial charge in [0.05, 0.1) is 11.3 Å². The monoisotopic (exact) mass is 313 g/mol. The smallest absolute Gasteiger partial charge is 0.356 e. The first kappa shape index (κ1) is 16.3. The molecule has 2 aromatic heterocycles. The number of nitrogens with one attached hydrogen (secondary N) is 1. The van der Waals surface area contributed by atoms with E-state index < -0.39 is 11.7 Å². The van der Waals surface area contributed by atoms with Gasteiger partial charge in [0.15, 0.2) is 0 Å². The van der Waals surface area contributed by atoms with Crippen molar-refractivity contribution in [2.75, 3.05) is 6.54 Å².